The summed E-state index contributed by atoms with van der Waals surface area (Å²) in [7, 11) is 0. The molecular formula is C12H13NO7. The predicted molar refractivity (Wildman–Crippen MR) is 66.8 cm³/mol. The minimum Gasteiger partial charge on any atom is -0.487 e. The van der Waals surface area contributed by atoms with Gasteiger partial charge in [0.25, 0.3) is 5.69 Å². The van der Waals surface area contributed by atoms with E-state index >= 15 is 0 Å². The number of fused-ring (bicyclic) bond motifs is 1. The van der Waals surface area contributed by atoms with E-state index in [2.05, 4.69) is 0 Å². The SMILES string of the molecule is CC(C)Oc1cc([N+](=O)[O-])c(C(=O)O)c2c1OCCO2. The summed E-state index contributed by atoms with van der Waals surface area (Å²) in [4.78, 5) is 21.5. The van der Waals surface area contributed by atoms with E-state index in [1.807, 2.05) is 0 Å². The zero-order valence-electron chi connectivity index (χ0n) is 10.9. The summed E-state index contributed by atoms with van der Waals surface area (Å²) in [6.45, 7) is 3.83. The van der Waals surface area contributed by atoms with E-state index in [1.54, 1.807) is 13.8 Å². The van der Waals surface area contributed by atoms with Crippen LogP contribution in [-0.4, -0.2) is 35.3 Å². The maximum atomic E-state index is 11.3. The van der Waals surface area contributed by atoms with E-state index < -0.39 is 22.1 Å². The molecule has 8 heteroatoms. The monoisotopic (exact) mass is 283 g/mol. The molecule has 0 spiro atoms. The van der Waals surface area contributed by atoms with Crippen molar-refractivity contribution in [3.63, 3.8) is 0 Å². The van der Waals surface area contributed by atoms with Gasteiger partial charge in [0.15, 0.2) is 17.1 Å². The summed E-state index contributed by atoms with van der Waals surface area (Å²) in [5.41, 5.74) is -1.11. The van der Waals surface area contributed by atoms with Crippen molar-refractivity contribution in [1.82, 2.24) is 0 Å². The molecule has 1 aliphatic rings. The first-order valence-electron chi connectivity index (χ1n) is 5.92. The molecule has 0 amide bonds. The van der Waals surface area contributed by atoms with E-state index in [9.17, 15) is 14.9 Å². The zero-order valence-corrected chi connectivity index (χ0v) is 10.9. The number of carboxylic acids is 1. The molecule has 8 nitrogen and oxygen atoms in total. The van der Waals surface area contributed by atoms with Gasteiger partial charge in [-0.25, -0.2) is 4.79 Å². The lowest BCUT2D eigenvalue weighted by Gasteiger charge is -2.23. The first-order valence-corrected chi connectivity index (χ1v) is 5.92. The summed E-state index contributed by atoms with van der Waals surface area (Å²) < 4.78 is 16.0. The lowest BCUT2D eigenvalue weighted by Crippen LogP contribution is -2.20. The number of benzene rings is 1. The van der Waals surface area contributed by atoms with Gasteiger partial charge in [-0.2, -0.15) is 0 Å². The van der Waals surface area contributed by atoms with Crippen LogP contribution in [-0.2, 0) is 0 Å². The van der Waals surface area contributed by atoms with Gasteiger partial charge in [-0.1, -0.05) is 0 Å². The second-order valence-electron chi connectivity index (χ2n) is 4.35. The van der Waals surface area contributed by atoms with E-state index in [0.717, 1.165) is 6.07 Å². The number of carbonyl (C=O) groups is 1. The van der Waals surface area contributed by atoms with Crippen molar-refractivity contribution in [2.24, 2.45) is 0 Å². The molecule has 0 saturated heterocycles. The summed E-state index contributed by atoms with van der Waals surface area (Å²) in [6, 6.07) is 1.05. The highest BCUT2D eigenvalue weighted by atomic mass is 16.6. The highest BCUT2D eigenvalue weighted by Crippen LogP contribution is 2.46. The van der Waals surface area contributed by atoms with Crippen molar-refractivity contribution >= 4 is 11.7 Å². The normalized spacial score (nSPS) is 13.2. The standard InChI is InChI=1S/C12H13NO7/c1-6(2)20-8-5-7(13(16)17)9(12(14)15)11-10(8)18-3-4-19-11/h5-6H,3-4H2,1-2H3,(H,14,15). The lowest BCUT2D eigenvalue weighted by atomic mass is 10.1. The minimum absolute atomic E-state index is 0.0907. The molecule has 0 unspecified atom stereocenters. The number of nitro groups is 1. The predicted octanol–water partition coefficient (Wildman–Crippen LogP) is 1.85. The highest BCUT2D eigenvalue weighted by Gasteiger charge is 2.34. The summed E-state index contributed by atoms with van der Waals surface area (Å²) in [5.74, 6) is -1.41. The Morgan fingerprint density at radius 2 is 2.00 bits per heavy atom. The molecule has 0 bridgehead atoms. The van der Waals surface area contributed by atoms with Gasteiger partial charge in [0, 0.05) is 0 Å². The number of nitrogens with zero attached hydrogens (tertiary/aromatic N) is 1. The van der Waals surface area contributed by atoms with E-state index in [1.165, 1.54) is 0 Å². The van der Waals surface area contributed by atoms with Gasteiger partial charge < -0.3 is 19.3 Å². The van der Waals surface area contributed by atoms with Gasteiger partial charge in [-0.05, 0) is 13.8 Å². The van der Waals surface area contributed by atoms with Crippen molar-refractivity contribution < 1.29 is 29.0 Å². The number of aromatic carboxylic acids is 1. The second-order valence-corrected chi connectivity index (χ2v) is 4.35. The van der Waals surface area contributed by atoms with Crippen LogP contribution < -0.4 is 14.2 Å². The lowest BCUT2D eigenvalue weighted by molar-refractivity contribution is -0.385. The molecule has 0 aliphatic carbocycles. The smallest absolute Gasteiger partial charge is 0.346 e. The van der Waals surface area contributed by atoms with Gasteiger partial charge in [-0.3, -0.25) is 10.1 Å². The Bertz CT molecular complexity index is 567. The second kappa shape index (κ2) is 5.24. The third kappa shape index (κ3) is 2.44. The fourth-order valence-electron chi connectivity index (χ4n) is 1.86. The van der Waals surface area contributed by atoms with Crippen LogP contribution in [0.3, 0.4) is 0 Å². The minimum atomic E-state index is -1.45. The van der Waals surface area contributed by atoms with Crippen molar-refractivity contribution in [2.45, 2.75) is 20.0 Å². The summed E-state index contributed by atoms with van der Waals surface area (Å²) in [6.07, 6.45) is -0.250. The number of rotatable bonds is 4. The van der Waals surface area contributed by atoms with Crippen molar-refractivity contribution in [3.8, 4) is 17.2 Å². The molecule has 0 atom stereocenters. The van der Waals surface area contributed by atoms with Crippen LogP contribution >= 0.6 is 0 Å². The van der Waals surface area contributed by atoms with Crippen molar-refractivity contribution in [1.29, 1.82) is 0 Å². The van der Waals surface area contributed by atoms with E-state index in [4.69, 9.17) is 19.3 Å². The van der Waals surface area contributed by atoms with Crippen LogP contribution in [0.1, 0.15) is 24.2 Å². The van der Waals surface area contributed by atoms with Gasteiger partial charge in [0.1, 0.15) is 13.2 Å². The Hall–Kier alpha value is -2.51. The number of nitro benzene ring substituents is 1. The molecule has 1 aromatic carbocycles. The molecule has 20 heavy (non-hydrogen) atoms. The molecule has 1 aliphatic heterocycles. The molecule has 1 N–H and O–H groups in total. The first-order chi connectivity index (χ1) is 9.41. The Labute approximate surface area is 114 Å². The van der Waals surface area contributed by atoms with Crippen molar-refractivity contribution in [2.75, 3.05) is 13.2 Å². The number of hydrogen-bond acceptors (Lipinski definition) is 6. The molecule has 108 valence electrons. The number of ether oxygens (including phenoxy) is 3. The van der Waals surface area contributed by atoms with Crippen LogP contribution in [0.2, 0.25) is 0 Å². The molecule has 0 fully saturated rings. The van der Waals surface area contributed by atoms with Gasteiger partial charge >= 0.3 is 5.97 Å². The Morgan fingerprint density at radius 3 is 2.50 bits per heavy atom. The number of hydrogen-bond donors (Lipinski definition) is 1. The fraction of sp³-hybridized carbons (Fsp3) is 0.417. The third-order valence-electron chi connectivity index (χ3n) is 2.53. The Balaban J connectivity index is 2.69. The summed E-state index contributed by atoms with van der Waals surface area (Å²) >= 11 is 0. The first kappa shape index (κ1) is 13.9. The largest absolute Gasteiger partial charge is 0.487 e. The third-order valence-corrected chi connectivity index (χ3v) is 2.53. The Kier molecular flexibility index (Phi) is 3.64. The molecule has 0 saturated carbocycles. The maximum Gasteiger partial charge on any atom is 0.346 e. The van der Waals surface area contributed by atoms with Gasteiger partial charge in [-0.15, -0.1) is 0 Å². The molecular weight excluding hydrogens is 270 g/mol. The maximum absolute atomic E-state index is 11.3. The highest BCUT2D eigenvalue weighted by molar-refractivity contribution is 5.97. The average Bonchev–Trinajstić information content (AvgIpc) is 2.37. The van der Waals surface area contributed by atoms with E-state index in [0.29, 0.717) is 0 Å². The van der Waals surface area contributed by atoms with Crippen LogP contribution in [0, 0.1) is 10.1 Å². The van der Waals surface area contributed by atoms with E-state index in [-0.39, 0.29) is 36.6 Å². The topological polar surface area (TPSA) is 108 Å². The molecule has 0 aromatic heterocycles. The van der Waals surface area contributed by atoms with Crippen LogP contribution in [0.15, 0.2) is 6.07 Å². The fourth-order valence-corrected chi connectivity index (χ4v) is 1.86. The zero-order chi connectivity index (χ0) is 14.9. The summed E-state index contributed by atoms with van der Waals surface area (Å²) in [5, 5.41) is 20.2. The quantitative estimate of drug-likeness (QED) is 0.663. The Morgan fingerprint density at radius 1 is 1.40 bits per heavy atom. The van der Waals surface area contributed by atoms with Gasteiger partial charge in [0.05, 0.1) is 17.1 Å². The van der Waals surface area contributed by atoms with Crippen LogP contribution in [0.5, 0.6) is 17.2 Å². The average molecular weight is 283 g/mol. The molecule has 2 rings (SSSR count). The van der Waals surface area contributed by atoms with Gasteiger partial charge in [0.2, 0.25) is 5.75 Å². The number of carboxylic acid groups (broad SMARTS) is 1. The molecule has 1 aromatic rings. The molecule has 1 heterocycles. The van der Waals surface area contributed by atoms with Crippen LogP contribution in [0.25, 0.3) is 0 Å². The molecule has 0 radical (unpaired) electrons. The van der Waals surface area contributed by atoms with Crippen LogP contribution in [0.4, 0.5) is 5.69 Å². The van der Waals surface area contributed by atoms with Crippen molar-refractivity contribution in [3.05, 3.63) is 21.7 Å².